The summed E-state index contributed by atoms with van der Waals surface area (Å²) < 4.78 is 0. The average molecular weight is 264 g/mol. The number of alkyl halides is 1. The van der Waals surface area contributed by atoms with E-state index in [1.807, 2.05) is 6.07 Å². The Morgan fingerprint density at radius 3 is 2.44 bits per heavy atom. The maximum Gasteiger partial charge on any atom is 0.234 e. The Hall–Kier alpha value is -1.02. The Morgan fingerprint density at radius 1 is 1.22 bits per heavy atom. The number of amides is 1. The van der Waals surface area contributed by atoms with Gasteiger partial charge in [0.2, 0.25) is 5.91 Å². The van der Waals surface area contributed by atoms with Crippen molar-refractivity contribution in [1.82, 2.24) is 5.32 Å². The highest BCUT2D eigenvalue weighted by atomic mass is 35.5. The normalized spacial score (nSPS) is 22.3. The fraction of sp³-hybridized carbons (Fsp3) is 0.533. The van der Waals surface area contributed by atoms with Gasteiger partial charge in [-0.05, 0) is 36.7 Å². The van der Waals surface area contributed by atoms with Crippen molar-refractivity contribution >= 4 is 17.5 Å². The number of halogens is 1. The second-order valence-electron chi connectivity index (χ2n) is 5.91. The molecule has 2 saturated carbocycles. The highest BCUT2D eigenvalue weighted by Gasteiger charge is 2.61. The first-order valence-corrected chi connectivity index (χ1v) is 7.10. The topological polar surface area (TPSA) is 29.1 Å². The molecule has 1 aromatic carbocycles. The van der Waals surface area contributed by atoms with E-state index in [9.17, 15) is 4.79 Å². The fourth-order valence-corrected chi connectivity index (χ4v) is 3.55. The van der Waals surface area contributed by atoms with Crippen LogP contribution in [0.2, 0.25) is 0 Å². The number of carbonyl (C=O) groups is 1. The van der Waals surface area contributed by atoms with Crippen molar-refractivity contribution < 1.29 is 4.79 Å². The maximum atomic E-state index is 11.4. The van der Waals surface area contributed by atoms with Crippen molar-refractivity contribution in [3.63, 3.8) is 0 Å². The largest absolute Gasteiger partial charge is 0.354 e. The lowest BCUT2D eigenvalue weighted by Crippen LogP contribution is -2.51. The van der Waals surface area contributed by atoms with Gasteiger partial charge in [-0.15, -0.1) is 11.6 Å². The second-order valence-corrected chi connectivity index (χ2v) is 6.18. The molecule has 0 aliphatic heterocycles. The van der Waals surface area contributed by atoms with E-state index in [4.69, 9.17) is 11.6 Å². The van der Waals surface area contributed by atoms with Gasteiger partial charge in [0.05, 0.1) is 0 Å². The summed E-state index contributed by atoms with van der Waals surface area (Å²) in [7, 11) is 0. The number of rotatable bonds is 4. The molecule has 1 spiro atoms. The van der Waals surface area contributed by atoms with E-state index in [-0.39, 0.29) is 17.2 Å². The number of benzene rings is 1. The predicted octanol–water partition coefficient (Wildman–Crippen LogP) is 2.85. The number of nitrogens with one attached hydrogen (secondary N) is 1. The molecule has 1 aromatic rings. The number of hydrogen-bond donors (Lipinski definition) is 1. The average Bonchev–Trinajstić information content (AvgIpc) is 3.15. The predicted molar refractivity (Wildman–Crippen MR) is 72.8 cm³/mol. The number of carbonyl (C=O) groups excluding carboxylic acids is 1. The minimum atomic E-state index is -0.0660. The van der Waals surface area contributed by atoms with Crippen molar-refractivity contribution in [2.75, 3.05) is 12.4 Å². The molecule has 1 N–H and O–H groups in total. The summed E-state index contributed by atoms with van der Waals surface area (Å²) in [6, 6.07) is 10.6. The van der Waals surface area contributed by atoms with Crippen LogP contribution in [0, 0.1) is 5.41 Å². The summed E-state index contributed by atoms with van der Waals surface area (Å²) in [6.07, 6.45) is 5.16. The molecule has 0 unspecified atom stereocenters. The van der Waals surface area contributed by atoms with Crippen molar-refractivity contribution in [1.29, 1.82) is 0 Å². The van der Waals surface area contributed by atoms with E-state index in [0.717, 1.165) is 6.54 Å². The van der Waals surface area contributed by atoms with Gasteiger partial charge in [-0.25, -0.2) is 0 Å². The van der Waals surface area contributed by atoms with Crippen LogP contribution in [0.1, 0.15) is 31.2 Å². The highest BCUT2D eigenvalue weighted by Crippen LogP contribution is 2.68. The second kappa shape index (κ2) is 4.27. The summed E-state index contributed by atoms with van der Waals surface area (Å²) in [4.78, 5) is 11.4. The molecule has 2 aliphatic carbocycles. The third-order valence-electron chi connectivity index (χ3n) is 4.52. The molecule has 18 heavy (non-hydrogen) atoms. The summed E-state index contributed by atoms with van der Waals surface area (Å²) in [6.45, 7) is 0.727. The van der Waals surface area contributed by atoms with E-state index in [2.05, 4.69) is 29.6 Å². The van der Waals surface area contributed by atoms with Crippen LogP contribution in [0.5, 0.6) is 0 Å². The SMILES string of the molecule is O=C(CCl)NCC1(c2ccccc2)CC2(CC2)C1. The molecular formula is C15H18ClNO. The van der Waals surface area contributed by atoms with Crippen LogP contribution >= 0.6 is 11.6 Å². The van der Waals surface area contributed by atoms with Gasteiger partial charge < -0.3 is 5.32 Å². The molecule has 0 heterocycles. The van der Waals surface area contributed by atoms with Gasteiger partial charge in [0, 0.05) is 12.0 Å². The van der Waals surface area contributed by atoms with Crippen LogP contribution in [0.25, 0.3) is 0 Å². The van der Waals surface area contributed by atoms with Gasteiger partial charge in [0.25, 0.3) is 0 Å². The zero-order valence-electron chi connectivity index (χ0n) is 10.4. The lowest BCUT2D eigenvalue weighted by Gasteiger charge is -2.49. The van der Waals surface area contributed by atoms with Crippen molar-refractivity contribution in [3.8, 4) is 0 Å². The van der Waals surface area contributed by atoms with Gasteiger partial charge in [-0.1, -0.05) is 30.3 Å². The Bertz CT molecular complexity index is 445. The first kappa shape index (κ1) is 12.0. The quantitative estimate of drug-likeness (QED) is 0.832. The molecule has 0 radical (unpaired) electrons. The standard InChI is InChI=1S/C15H18ClNO/c16-8-13(18)17-11-15(9-14(10-15)6-7-14)12-4-2-1-3-5-12/h1-5H,6-11H2,(H,17,18). The minimum Gasteiger partial charge on any atom is -0.354 e. The van der Waals surface area contributed by atoms with Gasteiger partial charge in [-0.2, -0.15) is 0 Å². The zero-order chi connectivity index (χ0) is 12.6. The van der Waals surface area contributed by atoms with Crippen LogP contribution in [0.4, 0.5) is 0 Å². The van der Waals surface area contributed by atoms with E-state index in [1.165, 1.54) is 31.2 Å². The van der Waals surface area contributed by atoms with Crippen molar-refractivity contribution in [2.45, 2.75) is 31.1 Å². The van der Waals surface area contributed by atoms with Crippen LogP contribution in [-0.2, 0) is 10.2 Å². The van der Waals surface area contributed by atoms with E-state index in [0.29, 0.717) is 5.41 Å². The highest BCUT2D eigenvalue weighted by molar-refractivity contribution is 6.27. The Morgan fingerprint density at radius 2 is 1.89 bits per heavy atom. The molecule has 2 aliphatic rings. The van der Waals surface area contributed by atoms with E-state index in [1.54, 1.807) is 0 Å². The molecule has 0 aromatic heterocycles. The summed E-state index contributed by atoms with van der Waals surface area (Å²) in [5.74, 6) is -0.0144. The van der Waals surface area contributed by atoms with Crippen LogP contribution < -0.4 is 5.32 Å². The molecule has 96 valence electrons. The van der Waals surface area contributed by atoms with Crippen LogP contribution in [0.3, 0.4) is 0 Å². The third-order valence-corrected chi connectivity index (χ3v) is 4.76. The molecule has 3 rings (SSSR count). The summed E-state index contributed by atoms with van der Waals surface area (Å²) in [5, 5.41) is 2.97. The molecule has 2 nitrogen and oxygen atoms in total. The monoisotopic (exact) mass is 263 g/mol. The van der Waals surface area contributed by atoms with Crippen LogP contribution in [-0.4, -0.2) is 18.3 Å². The molecule has 0 bridgehead atoms. The lowest BCUT2D eigenvalue weighted by atomic mass is 9.56. The van der Waals surface area contributed by atoms with Gasteiger partial charge in [0.1, 0.15) is 5.88 Å². The molecule has 3 heteroatoms. The molecule has 2 fully saturated rings. The summed E-state index contributed by atoms with van der Waals surface area (Å²) >= 11 is 5.54. The molecule has 0 saturated heterocycles. The first-order valence-electron chi connectivity index (χ1n) is 6.56. The number of hydrogen-bond acceptors (Lipinski definition) is 1. The Labute approximate surface area is 113 Å². The summed E-state index contributed by atoms with van der Waals surface area (Å²) in [5.41, 5.74) is 2.12. The van der Waals surface area contributed by atoms with Crippen molar-refractivity contribution in [3.05, 3.63) is 35.9 Å². The zero-order valence-corrected chi connectivity index (χ0v) is 11.2. The maximum absolute atomic E-state index is 11.4. The smallest absolute Gasteiger partial charge is 0.234 e. The van der Waals surface area contributed by atoms with Gasteiger partial charge in [0.15, 0.2) is 0 Å². The van der Waals surface area contributed by atoms with Crippen molar-refractivity contribution in [2.24, 2.45) is 5.41 Å². The Balaban J connectivity index is 1.75. The van der Waals surface area contributed by atoms with E-state index < -0.39 is 0 Å². The third kappa shape index (κ3) is 2.03. The molecule has 0 atom stereocenters. The molecular weight excluding hydrogens is 246 g/mol. The first-order chi connectivity index (χ1) is 8.68. The lowest BCUT2D eigenvalue weighted by molar-refractivity contribution is -0.119. The van der Waals surface area contributed by atoms with E-state index >= 15 is 0 Å². The van der Waals surface area contributed by atoms with Gasteiger partial charge in [-0.3, -0.25) is 4.79 Å². The minimum absolute atomic E-state index is 0.0516. The van der Waals surface area contributed by atoms with Gasteiger partial charge >= 0.3 is 0 Å². The molecule has 1 amide bonds. The van der Waals surface area contributed by atoms with Crippen LogP contribution in [0.15, 0.2) is 30.3 Å². The fourth-order valence-electron chi connectivity index (χ4n) is 3.45. The Kier molecular flexibility index (Phi) is 2.86.